The highest BCUT2D eigenvalue weighted by Crippen LogP contribution is 2.38. The Kier molecular flexibility index (Phi) is 4.45. The molecule has 1 aliphatic heterocycles. The molecule has 1 saturated heterocycles. The molecule has 1 unspecified atom stereocenters. The first-order chi connectivity index (χ1) is 9.51. The topological polar surface area (TPSA) is 51.0 Å². The minimum Gasteiger partial charge on any atom is -0.411 e. The van der Waals surface area contributed by atoms with E-state index in [1.165, 1.54) is 0 Å². The van der Waals surface area contributed by atoms with Gasteiger partial charge in [-0.2, -0.15) is 0 Å². The normalized spacial score (nSPS) is 27.1. The first-order valence-electron chi connectivity index (χ1n) is 7.04. The van der Waals surface area contributed by atoms with Crippen LogP contribution in [0.5, 0.6) is 0 Å². The van der Waals surface area contributed by atoms with Gasteiger partial charge in [0.2, 0.25) is 0 Å². The molecule has 1 aromatic rings. The summed E-state index contributed by atoms with van der Waals surface area (Å²) < 4.78 is 11.9. The van der Waals surface area contributed by atoms with E-state index in [4.69, 9.17) is 14.7 Å². The smallest absolute Gasteiger partial charge is 0.105 e. The van der Waals surface area contributed by atoms with E-state index in [0.29, 0.717) is 25.3 Å². The molecule has 1 aromatic carbocycles. The zero-order valence-corrected chi connectivity index (χ0v) is 12.4. The van der Waals surface area contributed by atoms with Crippen LogP contribution in [0.25, 0.3) is 0 Å². The van der Waals surface area contributed by atoms with Gasteiger partial charge in [0, 0.05) is 6.42 Å². The van der Waals surface area contributed by atoms with Crippen LogP contribution in [0.15, 0.2) is 35.5 Å². The highest BCUT2D eigenvalue weighted by atomic mass is 16.6. The third-order valence-electron chi connectivity index (χ3n) is 3.90. The van der Waals surface area contributed by atoms with Crippen molar-refractivity contribution in [2.45, 2.75) is 51.4 Å². The van der Waals surface area contributed by atoms with Crippen molar-refractivity contribution in [1.82, 2.24) is 0 Å². The fourth-order valence-corrected chi connectivity index (χ4v) is 2.62. The third kappa shape index (κ3) is 3.19. The summed E-state index contributed by atoms with van der Waals surface area (Å²) in [4.78, 5) is 0. The second kappa shape index (κ2) is 5.94. The molecular weight excluding hydrogens is 254 g/mol. The van der Waals surface area contributed by atoms with Gasteiger partial charge in [0.15, 0.2) is 0 Å². The van der Waals surface area contributed by atoms with E-state index in [1.54, 1.807) is 0 Å². The van der Waals surface area contributed by atoms with E-state index in [0.717, 1.165) is 12.0 Å². The maximum Gasteiger partial charge on any atom is 0.105 e. The molecule has 0 radical (unpaired) electrons. The van der Waals surface area contributed by atoms with Gasteiger partial charge in [-0.3, -0.25) is 0 Å². The lowest BCUT2D eigenvalue weighted by atomic mass is 9.94. The molecule has 0 amide bonds. The number of nitrogens with zero attached hydrogens (tertiary/aromatic N) is 1. The lowest BCUT2D eigenvalue weighted by Crippen LogP contribution is -2.36. The quantitative estimate of drug-likeness (QED) is 0.663. The van der Waals surface area contributed by atoms with Crippen LogP contribution in [0.1, 0.15) is 39.2 Å². The van der Waals surface area contributed by atoms with E-state index in [-0.39, 0.29) is 5.60 Å². The largest absolute Gasteiger partial charge is 0.411 e. The Morgan fingerprint density at radius 3 is 2.55 bits per heavy atom. The molecule has 1 aliphatic rings. The molecule has 1 fully saturated rings. The molecule has 1 N–H and O–H groups in total. The molecule has 0 spiro atoms. The number of oxime groups is 1. The Balaban J connectivity index is 1.96. The predicted octanol–water partition coefficient (Wildman–Crippen LogP) is 3.38. The molecule has 20 heavy (non-hydrogen) atoms. The molecule has 0 aliphatic carbocycles. The number of ether oxygens (including phenoxy) is 2. The second-order valence-electron chi connectivity index (χ2n) is 5.85. The summed E-state index contributed by atoms with van der Waals surface area (Å²) >= 11 is 0. The Labute approximate surface area is 120 Å². The van der Waals surface area contributed by atoms with Gasteiger partial charge in [0.1, 0.15) is 5.60 Å². The zero-order valence-electron chi connectivity index (χ0n) is 12.4. The average molecular weight is 277 g/mol. The second-order valence-corrected chi connectivity index (χ2v) is 5.85. The van der Waals surface area contributed by atoms with Gasteiger partial charge in [-0.05, 0) is 25.8 Å². The van der Waals surface area contributed by atoms with Crippen molar-refractivity contribution in [3.63, 3.8) is 0 Å². The Bertz CT molecular complexity index is 470. The molecular formula is C16H23NO3. The van der Waals surface area contributed by atoms with Crippen molar-refractivity contribution in [3.8, 4) is 0 Å². The van der Waals surface area contributed by atoms with E-state index < -0.39 is 5.60 Å². The summed E-state index contributed by atoms with van der Waals surface area (Å²) in [5.41, 5.74) is 0.912. The maximum absolute atomic E-state index is 9.10. The van der Waals surface area contributed by atoms with Crippen molar-refractivity contribution in [3.05, 3.63) is 35.9 Å². The Morgan fingerprint density at radius 1 is 1.30 bits per heavy atom. The van der Waals surface area contributed by atoms with Gasteiger partial charge in [0.25, 0.3) is 0 Å². The molecule has 0 bridgehead atoms. The van der Waals surface area contributed by atoms with Gasteiger partial charge in [-0.1, -0.05) is 42.4 Å². The number of benzene rings is 1. The first-order valence-corrected chi connectivity index (χ1v) is 7.04. The molecule has 0 saturated carbocycles. The van der Waals surface area contributed by atoms with Crippen LogP contribution in [0.3, 0.4) is 0 Å². The van der Waals surface area contributed by atoms with Crippen LogP contribution in [-0.2, 0) is 16.1 Å². The zero-order chi connectivity index (χ0) is 14.6. The highest BCUT2D eigenvalue weighted by molar-refractivity contribution is 5.94. The lowest BCUT2D eigenvalue weighted by Gasteiger charge is -2.29. The summed E-state index contributed by atoms with van der Waals surface area (Å²) in [6.07, 6.45) is 1.44. The SMILES string of the molecule is CCC1(COCc2ccccc2)CC(=NO)C(C)(C)O1. The summed E-state index contributed by atoms with van der Waals surface area (Å²) in [5.74, 6) is 0. The van der Waals surface area contributed by atoms with Crippen LogP contribution >= 0.6 is 0 Å². The molecule has 4 heteroatoms. The average Bonchev–Trinajstić information content (AvgIpc) is 2.71. The summed E-state index contributed by atoms with van der Waals surface area (Å²) in [5, 5.41) is 12.5. The maximum atomic E-state index is 9.10. The van der Waals surface area contributed by atoms with E-state index in [9.17, 15) is 0 Å². The van der Waals surface area contributed by atoms with Crippen molar-refractivity contribution in [1.29, 1.82) is 0 Å². The molecule has 4 nitrogen and oxygen atoms in total. The molecule has 2 rings (SSSR count). The van der Waals surface area contributed by atoms with Crippen LogP contribution < -0.4 is 0 Å². The number of rotatable bonds is 5. The molecule has 0 aromatic heterocycles. The third-order valence-corrected chi connectivity index (χ3v) is 3.90. The van der Waals surface area contributed by atoms with E-state index >= 15 is 0 Å². The van der Waals surface area contributed by atoms with Gasteiger partial charge < -0.3 is 14.7 Å². The number of hydrogen-bond acceptors (Lipinski definition) is 4. The Hall–Kier alpha value is -1.39. The summed E-state index contributed by atoms with van der Waals surface area (Å²) in [6, 6.07) is 10.1. The van der Waals surface area contributed by atoms with Crippen molar-refractivity contribution < 1.29 is 14.7 Å². The molecule has 1 heterocycles. The molecule has 110 valence electrons. The summed E-state index contributed by atoms with van der Waals surface area (Å²) in [6.45, 7) is 6.99. The lowest BCUT2D eigenvalue weighted by molar-refractivity contribution is -0.121. The van der Waals surface area contributed by atoms with Gasteiger partial charge in [-0.25, -0.2) is 0 Å². The van der Waals surface area contributed by atoms with Crippen LogP contribution in [0.4, 0.5) is 0 Å². The van der Waals surface area contributed by atoms with Crippen molar-refractivity contribution >= 4 is 5.71 Å². The minimum atomic E-state index is -0.527. The first kappa shape index (κ1) is 15.0. The number of hydrogen-bond donors (Lipinski definition) is 1. The monoisotopic (exact) mass is 277 g/mol. The molecule has 1 atom stereocenters. The predicted molar refractivity (Wildman–Crippen MR) is 78.1 cm³/mol. The van der Waals surface area contributed by atoms with Gasteiger partial charge >= 0.3 is 0 Å². The van der Waals surface area contributed by atoms with Crippen molar-refractivity contribution in [2.24, 2.45) is 5.16 Å². The minimum absolute atomic E-state index is 0.389. The fraction of sp³-hybridized carbons (Fsp3) is 0.562. The Morgan fingerprint density at radius 2 is 2.00 bits per heavy atom. The fourth-order valence-electron chi connectivity index (χ4n) is 2.62. The van der Waals surface area contributed by atoms with E-state index in [2.05, 4.69) is 12.1 Å². The highest BCUT2D eigenvalue weighted by Gasteiger charge is 2.48. The van der Waals surface area contributed by atoms with Gasteiger partial charge in [-0.15, -0.1) is 0 Å². The standard InChI is InChI=1S/C16H23NO3/c1-4-16(10-14(17-18)15(2,3)20-16)12-19-11-13-8-6-5-7-9-13/h5-9,18H,4,10-12H2,1-3H3. The van der Waals surface area contributed by atoms with Crippen LogP contribution in [0, 0.1) is 0 Å². The van der Waals surface area contributed by atoms with Gasteiger partial charge in [0.05, 0.1) is 24.5 Å². The van der Waals surface area contributed by atoms with Crippen molar-refractivity contribution in [2.75, 3.05) is 6.61 Å². The van der Waals surface area contributed by atoms with Crippen LogP contribution in [0.2, 0.25) is 0 Å². The van der Waals surface area contributed by atoms with E-state index in [1.807, 2.05) is 44.2 Å². The van der Waals surface area contributed by atoms with Crippen LogP contribution in [-0.4, -0.2) is 28.7 Å². The summed E-state index contributed by atoms with van der Waals surface area (Å²) in [7, 11) is 0.